The molecule has 1 aromatic rings. The Morgan fingerprint density at radius 3 is 2.32 bits per heavy atom. The molecule has 1 saturated carbocycles. The Morgan fingerprint density at radius 2 is 1.68 bits per heavy atom. The molecule has 0 heterocycles. The van der Waals surface area contributed by atoms with E-state index in [1.165, 1.54) is 76.2 Å². The van der Waals surface area contributed by atoms with Gasteiger partial charge in [0.05, 0.1) is 7.11 Å². The zero-order chi connectivity index (χ0) is 19.9. The van der Waals surface area contributed by atoms with Crippen molar-refractivity contribution in [1.29, 1.82) is 0 Å². The van der Waals surface area contributed by atoms with Gasteiger partial charge in [-0.1, -0.05) is 45.1 Å². The molecule has 2 nitrogen and oxygen atoms in total. The lowest BCUT2D eigenvalue weighted by molar-refractivity contribution is 0.183. The van der Waals surface area contributed by atoms with Crippen LogP contribution in [0.5, 0.6) is 11.5 Å². The molecule has 0 spiro atoms. The van der Waals surface area contributed by atoms with Crippen molar-refractivity contribution in [2.45, 2.75) is 71.1 Å². The number of allylic oxidation sites excluding steroid dienone is 1. The Labute approximate surface area is 168 Å². The monoisotopic (exact) mass is 392 g/mol. The lowest BCUT2D eigenvalue weighted by Gasteiger charge is -2.35. The van der Waals surface area contributed by atoms with Crippen LogP contribution in [0.25, 0.3) is 0 Å². The molecule has 0 amide bonds. The van der Waals surface area contributed by atoms with Crippen molar-refractivity contribution in [2.75, 3.05) is 13.7 Å². The normalized spacial score (nSPS) is 25.3. The summed E-state index contributed by atoms with van der Waals surface area (Å²) in [5.74, 6) is 0.483. The zero-order valence-electron chi connectivity index (χ0n) is 17.3. The Kier molecular flexibility index (Phi) is 7.75. The fraction of sp³-hybridized carbons (Fsp3) is 0.667. The van der Waals surface area contributed by atoms with E-state index < -0.39 is 11.6 Å². The summed E-state index contributed by atoms with van der Waals surface area (Å²) in [7, 11) is 1.32. The summed E-state index contributed by atoms with van der Waals surface area (Å²) < 4.78 is 38.1. The van der Waals surface area contributed by atoms with Crippen molar-refractivity contribution >= 4 is 0 Å². The van der Waals surface area contributed by atoms with Gasteiger partial charge in [0.2, 0.25) is 11.6 Å². The molecule has 1 atom stereocenters. The first-order valence-corrected chi connectivity index (χ1v) is 10.9. The van der Waals surface area contributed by atoms with Gasteiger partial charge >= 0.3 is 0 Å². The van der Waals surface area contributed by atoms with Crippen molar-refractivity contribution < 1.29 is 18.3 Å². The van der Waals surface area contributed by atoms with Crippen molar-refractivity contribution in [2.24, 2.45) is 17.8 Å². The molecule has 0 aliphatic heterocycles. The van der Waals surface area contributed by atoms with E-state index in [1.807, 2.05) is 0 Å². The summed E-state index contributed by atoms with van der Waals surface area (Å²) in [5.41, 5.74) is 1.20. The maximum absolute atomic E-state index is 14.0. The Balaban J connectivity index is 1.45. The van der Waals surface area contributed by atoms with E-state index in [1.54, 1.807) is 0 Å². The Morgan fingerprint density at radius 1 is 0.964 bits per heavy atom. The highest BCUT2D eigenvalue weighted by Crippen LogP contribution is 2.41. The highest BCUT2D eigenvalue weighted by molar-refractivity contribution is 5.35. The van der Waals surface area contributed by atoms with Crippen LogP contribution in [-0.2, 0) is 0 Å². The van der Waals surface area contributed by atoms with Gasteiger partial charge in [0.1, 0.15) is 6.61 Å². The second-order valence-corrected chi connectivity index (χ2v) is 8.50. The van der Waals surface area contributed by atoms with E-state index in [0.29, 0.717) is 6.61 Å². The van der Waals surface area contributed by atoms with Crippen LogP contribution in [0.1, 0.15) is 71.1 Å². The van der Waals surface area contributed by atoms with Crippen molar-refractivity contribution in [3.05, 3.63) is 35.4 Å². The largest absolute Gasteiger partial charge is 0.494 e. The van der Waals surface area contributed by atoms with E-state index in [0.717, 1.165) is 30.6 Å². The fourth-order valence-corrected chi connectivity index (χ4v) is 4.86. The van der Waals surface area contributed by atoms with E-state index in [4.69, 9.17) is 9.47 Å². The van der Waals surface area contributed by atoms with Gasteiger partial charge in [-0.25, -0.2) is 0 Å². The molecule has 1 fully saturated rings. The van der Waals surface area contributed by atoms with E-state index in [2.05, 4.69) is 13.0 Å². The number of rotatable bonds is 8. The molecule has 28 heavy (non-hydrogen) atoms. The van der Waals surface area contributed by atoms with Gasteiger partial charge in [-0.05, 0) is 67.6 Å². The molecular weight excluding hydrogens is 358 g/mol. The molecule has 156 valence electrons. The third-order valence-electron chi connectivity index (χ3n) is 6.71. The number of benzene rings is 1. The minimum Gasteiger partial charge on any atom is -0.494 e. The number of hydrogen-bond acceptors (Lipinski definition) is 2. The number of hydrogen-bond donors (Lipinski definition) is 0. The lowest BCUT2D eigenvalue weighted by Crippen LogP contribution is -2.24. The Bertz CT molecular complexity index is 663. The van der Waals surface area contributed by atoms with Crippen LogP contribution >= 0.6 is 0 Å². The van der Waals surface area contributed by atoms with Crippen molar-refractivity contribution in [1.82, 2.24) is 0 Å². The van der Waals surface area contributed by atoms with Crippen LogP contribution in [-0.4, -0.2) is 13.7 Å². The fourth-order valence-electron chi connectivity index (χ4n) is 4.86. The van der Waals surface area contributed by atoms with Crippen LogP contribution in [0.2, 0.25) is 0 Å². The number of halogens is 2. The molecule has 2 aliphatic carbocycles. The third-order valence-corrected chi connectivity index (χ3v) is 6.71. The highest BCUT2D eigenvalue weighted by Gasteiger charge is 2.28. The van der Waals surface area contributed by atoms with Crippen LogP contribution in [0, 0.1) is 29.4 Å². The second kappa shape index (κ2) is 10.3. The molecule has 1 unspecified atom stereocenters. The van der Waals surface area contributed by atoms with Gasteiger partial charge in [0.15, 0.2) is 11.5 Å². The van der Waals surface area contributed by atoms with Gasteiger partial charge in [-0.3, -0.25) is 0 Å². The number of ether oxygens (including phenoxy) is 2. The minimum atomic E-state index is -0.993. The molecule has 0 aromatic heterocycles. The van der Waals surface area contributed by atoms with E-state index >= 15 is 0 Å². The maximum Gasteiger partial charge on any atom is 0.204 e. The zero-order valence-corrected chi connectivity index (χ0v) is 17.3. The predicted octanol–water partition coefficient (Wildman–Crippen LogP) is 7.08. The van der Waals surface area contributed by atoms with E-state index in [-0.39, 0.29) is 11.5 Å². The molecule has 0 saturated heterocycles. The molecule has 1 aromatic carbocycles. The molecule has 3 rings (SSSR count). The first kappa shape index (κ1) is 21.1. The van der Waals surface area contributed by atoms with Gasteiger partial charge < -0.3 is 9.47 Å². The highest BCUT2D eigenvalue weighted by atomic mass is 19.2. The smallest absolute Gasteiger partial charge is 0.204 e. The van der Waals surface area contributed by atoms with Crippen molar-refractivity contribution in [3.8, 4) is 11.5 Å². The molecule has 2 aliphatic rings. The summed E-state index contributed by atoms with van der Waals surface area (Å²) in [4.78, 5) is 0. The lowest BCUT2D eigenvalue weighted by atomic mass is 9.71. The topological polar surface area (TPSA) is 18.5 Å². The summed E-state index contributed by atoms with van der Waals surface area (Å²) in [6, 6.07) is 2.83. The van der Waals surface area contributed by atoms with Crippen LogP contribution in [0.15, 0.2) is 23.8 Å². The molecule has 4 heteroatoms. The van der Waals surface area contributed by atoms with E-state index in [9.17, 15) is 8.78 Å². The van der Waals surface area contributed by atoms with Gasteiger partial charge in [0.25, 0.3) is 0 Å². The van der Waals surface area contributed by atoms with Crippen LogP contribution in [0.4, 0.5) is 8.78 Å². The van der Waals surface area contributed by atoms with Gasteiger partial charge in [-0.15, -0.1) is 0 Å². The summed E-state index contributed by atoms with van der Waals surface area (Å²) in [6.07, 6.45) is 15.3. The summed E-state index contributed by atoms with van der Waals surface area (Å²) in [5, 5.41) is 0. The minimum absolute atomic E-state index is 0.0493. The third kappa shape index (κ3) is 5.27. The maximum atomic E-state index is 14.0. The Hall–Kier alpha value is -1.58. The summed E-state index contributed by atoms with van der Waals surface area (Å²) >= 11 is 0. The van der Waals surface area contributed by atoms with Gasteiger partial charge in [0, 0.05) is 0 Å². The second-order valence-electron chi connectivity index (χ2n) is 8.50. The van der Waals surface area contributed by atoms with Gasteiger partial charge in [-0.2, -0.15) is 8.78 Å². The number of unbranched alkanes of at least 4 members (excludes halogenated alkanes) is 1. The summed E-state index contributed by atoms with van der Waals surface area (Å²) in [6.45, 7) is 2.61. The van der Waals surface area contributed by atoms with Crippen LogP contribution in [0.3, 0.4) is 0 Å². The molecule has 0 N–H and O–H groups in total. The number of methoxy groups -OCH3 is 1. The first-order valence-electron chi connectivity index (χ1n) is 10.9. The standard InChI is InChI=1S/C24H34F2O2/c1-3-4-5-17-6-10-19(11-7-17)20-12-8-18(9-13-20)16-28-22-15-14-21(27-2)23(25)24(22)26/h8,14-15,17,19-20H,3-7,9-13,16H2,1-2H3. The SMILES string of the molecule is CCCCC1CCC(C2CC=C(COc3ccc(OC)c(F)c3F)CC2)CC1. The predicted molar refractivity (Wildman–Crippen MR) is 109 cm³/mol. The quantitative estimate of drug-likeness (QED) is 0.440. The average Bonchev–Trinajstić information content (AvgIpc) is 2.74. The molecule has 0 bridgehead atoms. The first-order chi connectivity index (χ1) is 13.6. The average molecular weight is 393 g/mol. The van der Waals surface area contributed by atoms with Crippen LogP contribution < -0.4 is 9.47 Å². The van der Waals surface area contributed by atoms with Crippen molar-refractivity contribution in [3.63, 3.8) is 0 Å². The molecule has 0 radical (unpaired) electrons. The molecular formula is C24H34F2O2.